The van der Waals surface area contributed by atoms with Gasteiger partial charge in [-0.25, -0.2) is 4.98 Å². The van der Waals surface area contributed by atoms with Gasteiger partial charge in [-0.1, -0.05) is 11.2 Å². The lowest BCUT2D eigenvalue weighted by Gasteiger charge is -1.95. The molecule has 0 bridgehead atoms. The van der Waals surface area contributed by atoms with Crippen molar-refractivity contribution in [1.82, 2.24) is 10.1 Å². The molecule has 3 heterocycles. The van der Waals surface area contributed by atoms with Crippen molar-refractivity contribution < 1.29 is 9.32 Å². The molecule has 0 aliphatic rings. The zero-order valence-electron chi connectivity index (χ0n) is 8.99. The Labute approximate surface area is 110 Å². The second kappa shape index (κ2) is 4.71. The summed E-state index contributed by atoms with van der Waals surface area (Å²) in [6.07, 6.45) is 1.63. The summed E-state index contributed by atoms with van der Waals surface area (Å²) in [6.45, 7) is 0. The standard InChI is InChI=1S/C11H7N3O2S2/c15-10(13-11-12-3-5-18-11)7-6-8(16-14-7)9-2-1-4-17-9/h1-6H,(H,12,13,15). The molecule has 18 heavy (non-hydrogen) atoms. The lowest BCUT2D eigenvalue weighted by molar-refractivity contribution is 0.101. The van der Waals surface area contributed by atoms with E-state index in [1.165, 1.54) is 22.7 Å². The van der Waals surface area contributed by atoms with Gasteiger partial charge in [0.15, 0.2) is 16.6 Å². The number of amides is 1. The van der Waals surface area contributed by atoms with Crippen molar-refractivity contribution in [1.29, 1.82) is 0 Å². The third-order valence-corrected chi connectivity index (χ3v) is 3.73. The van der Waals surface area contributed by atoms with Crippen molar-refractivity contribution in [3.8, 4) is 10.6 Å². The maximum atomic E-state index is 11.8. The summed E-state index contributed by atoms with van der Waals surface area (Å²) < 4.78 is 5.13. The van der Waals surface area contributed by atoms with Gasteiger partial charge in [-0.05, 0) is 11.4 Å². The van der Waals surface area contributed by atoms with Crippen LogP contribution < -0.4 is 5.32 Å². The smallest absolute Gasteiger partial charge is 0.279 e. The van der Waals surface area contributed by atoms with Gasteiger partial charge in [0.25, 0.3) is 5.91 Å². The number of thiazole rings is 1. The minimum atomic E-state index is -0.323. The van der Waals surface area contributed by atoms with Crippen molar-refractivity contribution in [2.75, 3.05) is 5.32 Å². The molecule has 7 heteroatoms. The van der Waals surface area contributed by atoms with Crippen molar-refractivity contribution in [3.05, 3.63) is 40.8 Å². The summed E-state index contributed by atoms with van der Waals surface area (Å²) in [6, 6.07) is 5.44. The number of hydrogen-bond donors (Lipinski definition) is 1. The molecular weight excluding hydrogens is 270 g/mol. The molecule has 3 aromatic rings. The fourth-order valence-corrected chi connectivity index (χ4v) is 2.56. The van der Waals surface area contributed by atoms with Crippen molar-refractivity contribution >= 4 is 33.7 Å². The van der Waals surface area contributed by atoms with E-state index in [-0.39, 0.29) is 11.6 Å². The van der Waals surface area contributed by atoms with Gasteiger partial charge >= 0.3 is 0 Å². The van der Waals surface area contributed by atoms with E-state index in [0.29, 0.717) is 10.9 Å². The average molecular weight is 277 g/mol. The number of anilines is 1. The molecule has 0 spiro atoms. The zero-order chi connectivity index (χ0) is 12.4. The van der Waals surface area contributed by atoms with Gasteiger partial charge in [0.2, 0.25) is 0 Å². The van der Waals surface area contributed by atoms with Crippen LogP contribution in [-0.2, 0) is 0 Å². The van der Waals surface area contributed by atoms with E-state index in [0.717, 1.165) is 4.88 Å². The Balaban J connectivity index is 1.79. The zero-order valence-corrected chi connectivity index (χ0v) is 10.6. The molecule has 3 rings (SSSR count). The van der Waals surface area contributed by atoms with Crippen LogP contribution in [0.25, 0.3) is 10.6 Å². The molecule has 1 amide bonds. The lowest BCUT2D eigenvalue weighted by Crippen LogP contribution is -2.11. The van der Waals surface area contributed by atoms with Gasteiger partial charge in [0.05, 0.1) is 4.88 Å². The van der Waals surface area contributed by atoms with Crippen LogP contribution in [0.3, 0.4) is 0 Å². The predicted octanol–water partition coefficient (Wildman–Crippen LogP) is 3.11. The van der Waals surface area contributed by atoms with E-state index in [2.05, 4.69) is 15.5 Å². The SMILES string of the molecule is O=C(Nc1nccs1)c1cc(-c2cccs2)on1. The van der Waals surface area contributed by atoms with E-state index in [9.17, 15) is 4.79 Å². The first-order valence-corrected chi connectivity index (χ1v) is 6.80. The number of hydrogen-bond acceptors (Lipinski definition) is 6. The summed E-state index contributed by atoms with van der Waals surface area (Å²) in [5.41, 5.74) is 0.244. The summed E-state index contributed by atoms with van der Waals surface area (Å²) in [5, 5.41) is 10.7. The Hall–Kier alpha value is -1.99. The number of carbonyl (C=O) groups is 1. The largest absolute Gasteiger partial charge is 0.355 e. The maximum Gasteiger partial charge on any atom is 0.279 e. The molecule has 0 aliphatic carbocycles. The van der Waals surface area contributed by atoms with Gasteiger partial charge in [0.1, 0.15) is 0 Å². The molecule has 3 aromatic heterocycles. The second-order valence-electron chi connectivity index (χ2n) is 3.35. The van der Waals surface area contributed by atoms with E-state index in [4.69, 9.17) is 4.52 Å². The quantitative estimate of drug-likeness (QED) is 0.798. The van der Waals surface area contributed by atoms with Crippen LogP contribution in [0, 0.1) is 0 Å². The summed E-state index contributed by atoms with van der Waals surface area (Å²) in [4.78, 5) is 16.7. The number of rotatable bonds is 3. The molecule has 0 saturated heterocycles. The summed E-state index contributed by atoms with van der Waals surface area (Å²) >= 11 is 2.88. The minimum Gasteiger partial charge on any atom is -0.355 e. The van der Waals surface area contributed by atoms with Crippen LogP contribution in [0.2, 0.25) is 0 Å². The predicted molar refractivity (Wildman–Crippen MR) is 69.9 cm³/mol. The molecular formula is C11H7N3O2S2. The highest BCUT2D eigenvalue weighted by atomic mass is 32.1. The topological polar surface area (TPSA) is 68.0 Å². The summed E-state index contributed by atoms with van der Waals surface area (Å²) in [7, 11) is 0. The molecule has 90 valence electrons. The number of carbonyl (C=O) groups excluding carboxylic acids is 1. The molecule has 5 nitrogen and oxygen atoms in total. The molecule has 1 N–H and O–H groups in total. The van der Waals surface area contributed by atoms with E-state index in [1.807, 2.05) is 17.5 Å². The van der Waals surface area contributed by atoms with Gasteiger partial charge in [-0.2, -0.15) is 0 Å². The Morgan fingerprint density at radius 1 is 1.33 bits per heavy atom. The number of nitrogens with one attached hydrogen (secondary N) is 1. The Bertz CT molecular complexity index is 644. The van der Waals surface area contributed by atoms with Gasteiger partial charge < -0.3 is 4.52 Å². The average Bonchev–Trinajstić information content (AvgIpc) is 3.11. The summed E-state index contributed by atoms with van der Waals surface area (Å²) in [5.74, 6) is 0.269. The maximum absolute atomic E-state index is 11.8. The molecule has 0 aliphatic heterocycles. The highest BCUT2D eigenvalue weighted by Crippen LogP contribution is 2.25. The van der Waals surface area contributed by atoms with Crippen LogP contribution in [0.15, 0.2) is 39.7 Å². The van der Waals surface area contributed by atoms with Crippen LogP contribution in [-0.4, -0.2) is 16.0 Å². The van der Waals surface area contributed by atoms with Crippen LogP contribution in [0.4, 0.5) is 5.13 Å². The fourth-order valence-electron chi connectivity index (χ4n) is 1.36. The lowest BCUT2D eigenvalue weighted by atomic mass is 10.3. The normalized spacial score (nSPS) is 10.4. The molecule has 0 saturated carbocycles. The third-order valence-electron chi connectivity index (χ3n) is 2.16. The van der Waals surface area contributed by atoms with Crippen molar-refractivity contribution in [3.63, 3.8) is 0 Å². The van der Waals surface area contributed by atoms with Crippen molar-refractivity contribution in [2.45, 2.75) is 0 Å². The first-order chi connectivity index (χ1) is 8.83. The highest BCUT2D eigenvalue weighted by Gasteiger charge is 2.14. The van der Waals surface area contributed by atoms with Crippen LogP contribution in [0.1, 0.15) is 10.5 Å². The van der Waals surface area contributed by atoms with Crippen molar-refractivity contribution in [2.24, 2.45) is 0 Å². The molecule has 0 atom stereocenters. The third kappa shape index (κ3) is 2.18. The minimum absolute atomic E-state index is 0.244. The molecule has 0 radical (unpaired) electrons. The van der Waals surface area contributed by atoms with Gasteiger partial charge in [0, 0.05) is 17.6 Å². The molecule has 0 fully saturated rings. The second-order valence-corrected chi connectivity index (χ2v) is 5.19. The van der Waals surface area contributed by atoms with Gasteiger partial charge in [-0.3, -0.25) is 10.1 Å². The number of nitrogens with zero attached hydrogens (tertiary/aromatic N) is 2. The number of thiophene rings is 1. The first kappa shape index (κ1) is 11.1. The van der Waals surface area contributed by atoms with Crippen LogP contribution in [0.5, 0.6) is 0 Å². The monoisotopic (exact) mass is 277 g/mol. The Morgan fingerprint density at radius 3 is 3.00 bits per heavy atom. The molecule has 0 aromatic carbocycles. The fraction of sp³-hybridized carbons (Fsp3) is 0. The number of aromatic nitrogens is 2. The molecule has 0 unspecified atom stereocenters. The first-order valence-electron chi connectivity index (χ1n) is 5.04. The van der Waals surface area contributed by atoms with Gasteiger partial charge in [-0.15, -0.1) is 22.7 Å². The van der Waals surface area contributed by atoms with E-state index in [1.54, 1.807) is 17.6 Å². The highest BCUT2D eigenvalue weighted by molar-refractivity contribution is 7.14. The van der Waals surface area contributed by atoms with Crippen LogP contribution >= 0.6 is 22.7 Å². The van der Waals surface area contributed by atoms with E-state index < -0.39 is 0 Å². The Morgan fingerprint density at radius 2 is 2.28 bits per heavy atom. The van der Waals surface area contributed by atoms with E-state index >= 15 is 0 Å². The Kier molecular flexibility index (Phi) is 2.91.